The normalized spacial score (nSPS) is 18.1. The van der Waals surface area contributed by atoms with Gasteiger partial charge in [0.2, 0.25) is 0 Å². The van der Waals surface area contributed by atoms with E-state index in [0.717, 1.165) is 31.4 Å². The fourth-order valence-electron chi connectivity index (χ4n) is 3.40. The van der Waals surface area contributed by atoms with Crippen LogP contribution in [0.4, 0.5) is 13.2 Å². The van der Waals surface area contributed by atoms with Gasteiger partial charge in [0.25, 0.3) is 0 Å². The molecule has 1 fully saturated rings. The number of H-pyrrole nitrogens is 1. The van der Waals surface area contributed by atoms with Gasteiger partial charge in [-0.25, -0.2) is 9.78 Å². The van der Waals surface area contributed by atoms with Gasteiger partial charge in [0.1, 0.15) is 0 Å². The Morgan fingerprint density at radius 3 is 2.81 bits per heavy atom. The number of nitrogens with one attached hydrogen (secondary N) is 1. The highest BCUT2D eigenvalue weighted by Crippen LogP contribution is 2.32. The SMILES string of the molecule is O=c1[nH]c2ncc(-c3cccc(C(F)(F)F)c3)cc2n1C[C@H]1CCCCO1. The minimum atomic E-state index is -4.41. The molecule has 1 aliphatic rings. The van der Waals surface area contributed by atoms with E-state index in [9.17, 15) is 18.0 Å². The molecule has 1 N–H and O–H groups in total. The number of aromatic amines is 1. The number of hydrogen-bond acceptors (Lipinski definition) is 3. The zero-order valence-electron chi connectivity index (χ0n) is 14.4. The molecular weight excluding hydrogens is 359 g/mol. The molecule has 1 aliphatic heterocycles. The molecule has 1 aromatic carbocycles. The molecule has 8 heteroatoms. The summed E-state index contributed by atoms with van der Waals surface area (Å²) in [4.78, 5) is 19.2. The zero-order chi connectivity index (χ0) is 19.0. The number of pyridine rings is 1. The molecule has 27 heavy (non-hydrogen) atoms. The molecule has 0 aliphatic carbocycles. The second-order valence-corrected chi connectivity index (χ2v) is 6.70. The molecule has 3 heterocycles. The van der Waals surface area contributed by atoms with Gasteiger partial charge in [-0.1, -0.05) is 12.1 Å². The van der Waals surface area contributed by atoms with Crippen LogP contribution in [0.3, 0.4) is 0 Å². The van der Waals surface area contributed by atoms with Crippen molar-refractivity contribution in [3.8, 4) is 11.1 Å². The van der Waals surface area contributed by atoms with Gasteiger partial charge < -0.3 is 4.74 Å². The standard InChI is InChI=1S/C19H18F3N3O2/c20-19(21,22)14-5-3-4-12(8-14)13-9-16-17(23-10-13)24-18(26)25(16)11-15-6-1-2-7-27-15/h3-5,8-10,15H,1-2,6-7,11H2,(H,23,24,26)/t15-/m1/s1. The average molecular weight is 377 g/mol. The van der Waals surface area contributed by atoms with E-state index in [1.807, 2.05) is 0 Å². The molecule has 5 nitrogen and oxygen atoms in total. The molecular formula is C19H18F3N3O2. The lowest BCUT2D eigenvalue weighted by Gasteiger charge is -2.22. The van der Waals surface area contributed by atoms with E-state index in [0.29, 0.717) is 35.4 Å². The van der Waals surface area contributed by atoms with Crippen LogP contribution in [0, 0.1) is 0 Å². The largest absolute Gasteiger partial charge is 0.416 e. The number of imidazole rings is 1. The fourth-order valence-corrected chi connectivity index (χ4v) is 3.40. The van der Waals surface area contributed by atoms with E-state index in [1.54, 1.807) is 16.7 Å². The van der Waals surface area contributed by atoms with Crippen LogP contribution in [-0.4, -0.2) is 27.2 Å². The maximum atomic E-state index is 13.0. The summed E-state index contributed by atoms with van der Waals surface area (Å²) < 4.78 is 46.2. The molecule has 0 spiro atoms. The van der Waals surface area contributed by atoms with Crippen LogP contribution < -0.4 is 5.69 Å². The minimum absolute atomic E-state index is 0.0485. The second-order valence-electron chi connectivity index (χ2n) is 6.70. The maximum absolute atomic E-state index is 13.0. The lowest BCUT2D eigenvalue weighted by Crippen LogP contribution is -2.29. The van der Waals surface area contributed by atoms with E-state index in [1.165, 1.54) is 12.3 Å². The summed E-state index contributed by atoms with van der Waals surface area (Å²) in [5.74, 6) is 0. The molecule has 4 rings (SSSR count). The predicted molar refractivity (Wildman–Crippen MR) is 94.4 cm³/mol. The Hall–Kier alpha value is -2.61. The Bertz CT molecular complexity index is 1020. The van der Waals surface area contributed by atoms with Crippen LogP contribution in [0.15, 0.2) is 41.3 Å². The summed E-state index contributed by atoms with van der Waals surface area (Å²) in [6.45, 7) is 1.07. The highest BCUT2D eigenvalue weighted by atomic mass is 19.4. The van der Waals surface area contributed by atoms with Crippen molar-refractivity contribution in [2.75, 3.05) is 6.61 Å². The molecule has 0 bridgehead atoms. The van der Waals surface area contributed by atoms with Crippen LogP contribution in [-0.2, 0) is 17.5 Å². The summed E-state index contributed by atoms with van der Waals surface area (Å²) in [6, 6.07) is 6.77. The minimum Gasteiger partial charge on any atom is -0.376 e. The second kappa shape index (κ2) is 6.84. The van der Waals surface area contributed by atoms with Crippen LogP contribution in [0.2, 0.25) is 0 Å². The number of nitrogens with zero attached hydrogens (tertiary/aromatic N) is 2. The quantitative estimate of drug-likeness (QED) is 0.751. The van der Waals surface area contributed by atoms with Crippen molar-refractivity contribution in [1.82, 2.24) is 14.5 Å². The summed E-state index contributed by atoms with van der Waals surface area (Å²) in [7, 11) is 0. The first kappa shape index (κ1) is 17.8. The van der Waals surface area contributed by atoms with Gasteiger partial charge in [-0.15, -0.1) is 0 Å². The van der Waals surface area contributed by atoms with Gasteiger partial charge >= 0.3 is 11.9 Å². The molecule has 142 valence electrons. The van der Waals surface area contributed by atoms with Crippen molar-refractivity contribution in [2.24, 2.45) is 0 Å². The third-order valence-electron chi connectivity index (χ3n) is 4.81. The van der Waals surface area contributed by atoms with E-state index in [-0.39, 0.29) is 11.8 Å². The first-order valence-electron chi connectivity index (χ1n) is 8.79. The Balaban J connectivity index is 1.73. The summed E-state index contributed by atoms with van der Waals surface area (Å²) in [5, 5.41) is 0. The first-order valence-corrected chi connectivity index (χ1v) is 8.79. The van der Waals surface area contributed by atoms with Crippen molar-refractivity contribution in [1.29, 1.82) is 0 Å². The van der Waals surface area contributed by atoms with Crippen molar-refractivity contribution >= 4 is 11.2 Å². The number of ether oxygens (including phenoxy) is 1. The molecule has 0 saturated carbocycles. The van der Waals surface area contributed by atoms with Crippen LogP contribution in [0.25, 0.3) is 22.3 Å². The summed E-state index contributed by atoms with van der Waals surface area (Å²) in [5.41, 5.74) is 0.866. The van der Waals surface area contributed by atoms with E-state index >= 15 is 0 Å². The van der Waals surface area contributed by atoms with E-state index in [2.05, 4.69) is 9.97 Å². The van der Waals surface area contributed by atoms with Gasteiger partial charge in [0, 0.05) is 18.4 Å². The fraction of sp³-hybridized carbons (Fsp3) is 0.368. The zero-order valence-corrected chi connectivity index (χ0v) is 14.4. The third kappa shape index (κ3) is 3.62. The van der Waals surface area contributed by atoms with Crippen LogP contribution in [0.1, 0.15) is 24.8 Å². The molecule has 0 unspecified atom stereocenters. The Kier molecular flexibility index (Phi) is 4.51. The van der Waals surface area contributed by atoms with Gasteiger partial charge in [-0.2, -0.15) is 13.2 Å². The number of benzene rings is 1. The summed E-state index contributed by atoms with van der Waals surface area (Å²) >= 11 is 0. The van der Waals surface area contributed by atoms with Crippen LogP contribution in [0.5, 0.6) is 0 Å². The van der Waals surface area contributed by atoms with Gasteiger partial charge in [0.05, 0.1) is 23.7 Å². The number of fused-ring (bicyclic) bond motifs is 1. The molecule has 0 radical (unpaired) electrons. The van der Waals surface area contributed by atoms with Crippen LogP contribution >= 0.6 is 0 Å². The lowest BCUT2D eigenvalue weighted by molar-refractivity contribution is -0.137. The van der Waals surface area contributed by atoms with Crippen molar-refractivity contribution in [2.45, 2.75) is 38.1 Å². The van der Waals surface area contributed by atoms with Crippen molar-refractivity contribution in [3.05, 3.63) is 52.6 Å². The number of hydrogen-bond donors (Lipinski definition) is 1. The Labute approximate surface area is 152 Å². The molecule has 1 saturated heterocycles. The number of halogens is 3. The predicted octanol–water partition coefficient (Wildman–Crippen LogP) is 3.98. The number of alkyl halides is 3. The first-order chi connectivity index (χ1) is 12.9. The smallest absolute Gasteiger partial charge is 0.376 e. The maximum Gasteiger partial charge on any atom is 0.416 e. The van der Waals surface area contributed by atoms with Gasteiger partial charge in [0.15, 0.2) is 5.65 Å². The third-order valence-corrected chi connectivity index (χ3v) is 4.81. The number of aromatic nitrogens is 3. The molecule has 2 aromatic heterocycles. The highest BCUT2D eigenvalue weighted by molar-refractivity contribution is 5.78. The van der Waals surface area contributed by atoms with Gasteiger partial charge in [-0.05, 0) is 43.0 Å². The monoisotopic (exact) mass is 377 g/mol. The molecule has 3 aromatic rings. The highest BCUT2D eigenvalue weighted by Gasteiger charge is 2.30. The van der Waals surface area contributed by atoms with E-state index in [4.69, 9.17) is 4.74 Å². The molecule has 0 amide bonds. The van der Waals surface area contributed by atoms with E-state index < -0.39 is 11.7 Å². The Morgan fingerprint density at radius 1 is 1.22 bits per heavy atom. The van der Waals surface area contributed by atoms with Crippen molar-refractivity contribution < 1.29 is 17.9 Å². The lowest BCUT2D eigenvalue weighted by atomic mass is 10.0. The average Bonchev–Trinajstić information content (AvgIpc) is 2.97. The summed E-state index contributed by atoms with van der Waals surface area (Å²) in [6.07, 6.45) is -0.0553. The van der Waals surface area contributed by atoms with Gasteiger partial charge in [-0.3, -0.25) is 9.55 Å². The Morgan fingerprint density at radius 2 is 2.07 bits per heavy atom. The van der Waals surface area contributed by atoms with Crippen molar-refractivity contribution in [3.63, 3.8) is 0 Å². The topological polar surface area (TPSA) is 59.9 Å². The number of rotatable bonds is 3. The molecule has 1 atom stereocenters.